The average Bonchev–Trinajstić information content (AvgIpc) is 2.70. The van der Waals surface area contributed by atoms with Crippen LogP contribution in [0.4, 0.5) is 0 Å². The monoisotopic (exact) mass is 365 g/mol. The van der Waals surface area contributed by atoms with Crippen molar-refractivity contribution in [2.24, 2.45) is 11.8 Å². The van der Waals surface area contributed by atoms with E-state index in [-0.39, 0.29) is 0 Å². The van der Waals surface area contributed by atoms with Crippen LogP contribution in [-0.4, -0.2) is 23.1 Å². The molecule has 0 bridgehead atoms. The lowest BCUT2D eigenvalue weighted by atomic mass is 9.53. The van der Waals surface area contributed by atoms with Crippen LogP contribution in [0.2, 0.25) is 0 Å². The second-order valence-electron chi connectivity index (χ2n) is 8.42. The van der Waals surface area contributed by atoms with Crippen LogP contribution in [0.25, 0.3) is 0 Å². The minimum atomic E-state index is 0.376. The number of nitrogens with one attached hydrogen (secondary N) is 1. The molecular formula is C23H31N3O. The van der Waals surface area contributed by atoms with Gasteiger partial charge in [0.15, 0.2) is 0 Å². The van der Waals surface area contributed by atoms with Gasteiger partial charge in [-0.3, -0.25) is 0 Å². The number of fused-ring (bicyclic) bond motifs is 1. The maximum Gasteiger partial charge on any atom is 0.130 e. The van der Waals surface area contributed by atoms with Crippen LogP contribution < -0.4 is 10.1 Å². The summed E-state index contributed by atoms with van der Waals surface area (Å²) in [6.07, 6.45) is 9.44. The van der Waals surface area contributed by atoms with E-state index in [4.69, 9.17) is 4.74 Å². The molecular weight excluding hydrogens is 334 g/mol. The molecule has 1 aromatic heterocycles. The topological polar surface area (TPSA) is 47.0 Å². The molecule has 4 nitrogen and oxygen atoms in total. The van der Waals surface area contributed by atoms with Crippen LogP contribution in [0, 0.1) is 11.8 Å². The molecule has 144 valence electrons. The first kappa shape index (κ1) is 18.4. The summed E-state index contributed by atoms with van der Waals surface area (Å²) in [5, 5.41) is 3.85. The highest BCUT2D eigenvalue weighted by Crippen LogP contribution is 2.54. The van der Waals surface area contributed by atoms with Crippen LogP contribution in [0.3, 0.4) is 0 Å². The Bertz CT molecular complexity index is 741. The van der Waals surface area contributed by atoms with E-state index in [1.165, 1.54) is 36.8 Å². The van der Waals surface area contributed by atoms with Gasteiger partial charge in [-0.1, -0.05) is 38.8 Å². The Morgan fingerprint density at radius 1 is 1.04 bits per heavy atom. The highest BCUT2D eigenvalue weighted by Gasteiger charge is 2.50. The van der Waals surface area contributed by atoms with Crippen molar-refractivity contribution in [3.8, 4) is 5.75 Å². The molecule has 2 aliphatic carbocycles. The molecule has 4 rings (SSSR count). The van der Waals surface area contributed by atoms with Crippen molar-refractivity contribution in [1.29, 1.82) is 0 Å². The predicted octanol–water partition coefficient (Wildman–Crippen LogP) is 4.67. The normalized spacial score (nSPS) is 27.1. The number of hydrogen-bond donors (Lipinski definition) is 1. The van der Waals surface area contributed by atoms with Crippen molar-refractivity contribution < 1.29 is 4.74 Å². The van der Waals surface area contributed by atoms with Gasteiger partial charge in [0.25, 0.3) is 0 Å². The van der Waals surface area contributed by atoms with Gasteiger partial charge in [0.1, 0.15) is 11.6 Å². The molecule has 1 N–H and O–H groups in total. The number of aromatic nitrogens is 2. The zero-order valence-corrected chi connectivity index (χ0v) is 16.7. The zero-order chi connectivity index (χ0) is 18.8. The number of benzene rings is 1. The van der Waals surface area contributed by atoms with Gasteiger partial charge in [0.2, 0.25) is 0 Å². The lowest BCUT2D eigenvalue weighted by Crippen LogP contribution is -2.57. The summed E-state index contributed by atoms with van der Waals surface area (Å²) in [6, 6.07) is 9.25. The SMILES string of the molecule is COc1ccc([C@H]2C3CCCCC3[C@@H]2NCc2cnc(C(C)C)nc2)cc1. The van der Waals surface area contributed by atoms with Gasteiger partial charge in [-0.25, -0.2) is 9.97 Å². The van der Waals surface area contributed by atoms with Crippen molar-refractivity contribution >= 4 is 0 Å². The summed E-state index contributed by atoms with van der Waals surface area (Å²) < 4.78 is 5.34. The third kappa shape index (κ3) is 3.73. The third-order valence-electron chi connectivity index (χ3n) is 6.47. The summed E-state index contributed by atoms with van der Waals surface area (Å²) in [5.41, 5.74) is 2.62. The standard InChI is InChI=1S/C23H31N3O/c1-15(2)23-25-13-16(14-26-23)12-24-22-20-7-5-4-6-19(20)21(22)17-8-10-18(27-3)11-9-17/h8-11,13-15,19-22,24H,4-7,12H2,1-3H3/t19?,20?,21-,22-/m0/s1. The second kappa shape index (κ2) is 7.97. The minimum absolute atomic E-state index is 0.376. The van der Waals surface area contributed by atoms with Crippen LogP contribution in [-0.2, 0) is 6.54 Å². The second-order valence-corrected chi connectivity index (χ2v) is 8.42. The lowest BCUT2D eigenvalue weighted by molar-refractivity contribution is 0.0253. The molecule has 0 saturated heterocycles. The molecule has 2 fully saturated rings. The van der Waals surface area contributed by atoms with E-state index < -0.39 is 0 Å². The van der Waals surface area contributed by atoms with Gasteiger partial charge in [-0.2, -0.15) is 0 Å². The van der Waals surface area contributed by atoms with E-state index in [1.807, 2.05) is 12.4 Å². The van der Waals surface area contributed by atoms with E-state index in [2.05, 4.69) is 53.4 Å². The van der Waals surface area contributed by atoms with Crippen LogP contribution in [0.5, 0.6) is 5.75 Å². The van der Waals surface area contributed by atoms with Gasteiger partial charge in [-0.05, 0) is 42.4 Å². The Labute approximate surface area is 162 Å². The van der Waals surface area contributed by atoms with Gasteiger partial charge >= 0.3 is 0 Å². The third-order valence-corrected chi connectivity index (χ3v) is 6.47. The molecule has 0 amide bonds. The van der Waals surface area contributed by atoms with E-state index in [0.29, 0.717) is 17.9 Å². The Morgan fingerprint density at radius 2 is 1.70 bits per heavy atom. The summed E-state index contributed by atoms with van der Waals surface area (Å²) >= 11 is 0. The van der Waals surface area contributed by atoms with Crippen molar-refractivity contribution in [3.05, 3.63) is 53.6 Å². The van der Waals surface area contributed by atoms with Gasteiger partial charge in [0, 0.05) is 42.4 Å². The molecule has 0 radical (unpaired) electrons. The zero-order valence-electron chi connectivity index (χ0n) is 16.7. The molecule has 0 spiro atoms. The van der Waals surface area contributed by atoms with Crippen LogP contribution >= 0.6 is 0 Å². The largest absolute Gasteiger partial charge is 0.497 e. The number of ether oxygens (including phenoxy) is 1. The molecule has 2 aliphatic rings. The molecule has 1 aromatic carbocycles. The Morgan fingerprint density at radius 3 is 2.33 bits per heavy atom. The average molecular weight is 366 g/mol. The minimum Gasteiger partial charge on any atom is -0.497 e. The maximum absolute atomic E-state index is 5.34. The number of nitrogens with zero attached hydrogens (tertiary/aromatic N) is 2. The molecule has 0 aliphatic heterocycles. The molecule has 4 atom stereocenters. The fraction of sp³-hybridized carbons (Fsp3) is 0.565. The summed E-state index contributed by atoms with van der Waals surface area (Å²) in [7, 11) is 1.73. The molecule has 2 aromatic rings. The fourth-order valence-electron chi connectivity index (χ4n) is 5.02. The number of methoxy groups -OCH3 is 1. The first-order valence-corrected chi connectivity index (χ1v) is 10.4. The van der Waals surface area contributed by atoms with Crippen molar-refractivity contribution in [2.45, 2.75) is 64.0 Å². The van der Waals surface area contributed by atoms with E-state index in [1.54, 1.807) is 7.11 Å². The summed E-state index contributed by atoms with van der Waals surface area (Å²) in [6.45, 7) is 5.10. The quantitative estimate of drug-likeness (QED) is 0.808. The molecule has 1 heterocycles. The van der Waals surface area contributed by atoms with E-state index >= 15 is 0 Å². The van der Waals surface area contributed by atoms with E-state index in [9.17, 15) is 0 Å². The fourth-order valence-corrected chi connectivity index (χ4v) is 5.02. The van der Waals surface area contributed by atoms with Crippen molar-refractivity contribution in [1.82, 2.24) is 15.3 Å². The Kier molecular flexibility index (Phi) is 5.44. The molecule has 2 saturated carbocycles. The van der Waals surface area contributed by atoms with Gasteiger partial charge < -0.3 is 10.1 Å². The highest BCUT2D eigenvalue weighted by molar-refractivity contribution is 5.33. The highest BCUT2D eigenvalue weighted by atomic mass is 16.5. The number of rotatable bonds is 6. The van der Waals surface area contributed by atoms with Crippen molar-refractivity contribution in [2.75, 3.05) is 7.11 Å². The lowest BCUT2D eigenvalue weighted by Gasteiger charge is -2.55. The van der Waals surface area contributed by atoms with Crippen LogP contribution in [0.1, 0.15) is 68.3 Å². The Hall–Kier alpha value is -1.94. The van der Waals surface area contributed by atoms with Gasteiger partial charge in [0.05, 0.1) is 7.11 Å². The molecule has 27 heavy (non-hydrogen) atoms. The van der Waals surface area contributed by atoms with E-state index in [0.717, 1.165) is 30.0 Å². The summed E-state index contributed by atoms with van der Waals surface area (Å²) in [5.74, 6) is 4.47. The maximum atomic E-state index is 5.34. The molecule has 2 unspecified atom stereocenters. The first-order valence-electron chi connectivity index (χ1n) is 10.4. The van der Waals surface area contributed by atoms with Crippen LogP contribution in [0.15, 0.2) is 36.7 Å². The number of hydrogen-bond acceptors (Lipinski definition) is 4. The summed E-state index contributed by atoms with van der Waals surface area (Å²) in [4.78, 5) is 9.03. The Balaban J connectivity index is 1.46. The molecule has 4 heteroatoms. The smallest absolute Gasteiger partial charge is 0.130 e. The van der Waals surface area contributed by atoms with Crippen molar-refractivity contribution in [3.63, 3.8) is 0 Å². The van der Waals surface area contributed by atoms with Gasteiger partial charge in [-0.15, -0.1) is 0 Å². The first-order chi connectivity index (χ1) is 13.2. The predicted molar refractivity (Wildman–Crippen MR) is 108 cm³/mol.